The van der Waals surface area contributed by atoms with Crippen LogP contribution >= 0.6 is 0 Å². The summed E-state index contributed by atoms with van der Waals surface area (Å²) >= 11 is 0. The molecule has 0 saturated carbocycles. The number of nitrogens with zero attached hydrogens (tertiary/aromatic N) is 1. The predicted octanol–water partition coefficient (Wildman–Crippen LogP) is 6.52. The smallest absolute Gasteiger partial charge is 0.409 e. The fraction of sp³-hybridized carbons (Fsp3) is 0.194. The lowest BCUT2D eigenvalue weighted by Crippen LogP contribution is -2.21. The lowest BCUT2D eigenvalue weighted by Gasteiger charge is -2.15. The highest BCUT2D eigenvalue weighted by Gasteiger charge is 2.15. The van der Waals surface area contributed by atoms with Crippen molar-refractivity contribution in [2.24, 2.45) is 0 Å². The number of oxazole rings is 1. The van der Waals surface area contributed by atoms with Gasteiger partial charge in [0.1, 0.15) is 11.3 Å². The molecule has 1 amide bonds. The number of amides is 1. The Kier molecular flexibility index (Phi) is 9.09. The summed E-state index contributed by atoms with van der Waals surface area (Å²) in [5.74, 6) is 0.620. The molecule has 0 spiro atoms. The van der Waals surface area contributed by atoms with E-state index in [9.17, 15) is 24.9 Å². The van der Waals surface area contributed by atoms with Gasteiger partial charge in [0.2, 0.25) is 5.56 Å². The number of aromatic hydroxyl groups is 1. The van der Waals surface area contributed by atoms with Gasteiger partial charge >= 0.3 is 6.09 Å². The lowest BCUT2D eigenvalue weighted by atomic mass is 9.99. The number of unbranched alkanes of at least 4 members (excludes halogenated alkanes) is 1. The minimum absolute atomic E-state index is 0.0470. The molecule has 6 rings (SSSR count). The normalized spacial score (nSPS) is 12.0. The molecular weight excluding hydrogens is 584 g/mol. The van der Waals surface area contributed by atoms with E-state index in [1.807, 2.05) is 66.7 Å². The van der Waals surface area contributed by atoms with Gasteiger partial charge in [-0.05, 0) is 71.8 Å². The first kappa shape index (κ1) is 30.6. The van der Waals surface area contributed by atoms with E-state index in [1.54, 1.807) is 12.1 Å². The van der Waals surface area contributed by atoms with Crippen molar-refractivity contribution in [3.63, 3.8) is 0 Å². The first-order chi connectivity index (χ1) is 22.3. The third kappa shape index (κ3) is 7.09. The van der Waals surface area contributed by atoms with Crippen molar-refractivity contribution >= 4 is 33.8 Å². The summed E-state index contributed by atoms with van der Waals surface area (Å²) in [6, 6.07) is 27.5. The summed E-state index contributed by atoms with van der Waals surface area (Å²) in [5, 5.41) is 36.7. The number of phenolic OH excluding ortho intramolecular Hbond substituents is 1. The number of aryl methyl sites for hydroxylation is 2. The molecule has 4 aromatic carbocycles. The molecule has 2 heterocycles. The standard InChI is InChI=1S/C36H34N4O6/c41-30-16-13-26(27-14-17-33(43)40-35(27)30)31(42)21-37-20-23-11-15-28-32(19-23)46-34(38-28)9-5-4-6-22-10-12-25(24-7-2-1-3-8-24)29(18-22)39-36(44)45/h1-3,7-8,10-19,31,37,39,41-42H,4-6,9,20-21H2,(H,40,43)(H,44,45)/t31-/m1/s1. The van der Waals surface area contributed by atoms with E-state index in [-0.39, 0.29) is 17.9 Å². The molecule has 0 aliphatic heterocycles. The number of aliphatic hydroxyl groups excluding tert-OH is 1. The van der Waals surface area contributed by atoms with Crippen LogP contribution in [0.25, 0.3) is 33.1 Å². The van der Waals surface area contributed by atoms with Crippen LogP contribution in [0.15, 0.2) is 100 Å². The van der Waals surface area contributed by atoms with E-state index >= 15 is 0 Å². The number of H-pyrrole nitrogens is 1. The number of fused-ring (bicyclic) bond motifs is 2. The molecule has 6 aromatic rings. The van der Waals surface area contributed by atoms with Crippen LogP contribution < -0.4 is 16.2 Å². The highest BCUT2D eigenvalue weighted by Crippen LogP contribution is 2.30. The van der Waals surface area contributed by atoms with E-state index in [4.69, 9.17) is 4.42 Å². The van der Waals surface area contributed by atoms with Gasteiger partial charge in [-0.1, -0.05) is 54.6 Å². The van der Waals surface area contributed by atoms with Crippen molar-refractivity contribution in [1.82, 2.24) is 15.3 Å². The summed E-state index contributed by atoms with van der Waals surface area (Å²) < 4.78 is 6.04. The Bertz CT molecular complexity index is 2050. The maximum Gasteiger partial charge on any atom is 0.409 e. The summed E-state index contributed by atoms with van der Waals surface area (Å²) in [5.41, 5.74) is 6.46. The van der Waals surface area contributed by atoms with E-state index in [0.29, 0.717) is 46.6 Å². The number of nitrogens with one attached hydrogen (secondary N) is 3. The molecule has 0 aliphatic rings. The van der Waals surface area contributed by atoms with Gasteiger partial charge in [0.25, 0.3) is 0 Å². The number of hydrogen-bond acceptors (Lipinski definition) is 7. The number of anilines is 1. The first-order valence-electron chi connectivity index (χ1n) is 15.1. The minimum Gasteiger partial charge on any atom is -0.506 e. The molecule has 0 fully saturated rings. The zero-order chi connectivity index (χ0) is 32.0. The second kappa shape index (κ2) is 13.7. The fourth-order valence-corrected chi connectivity index (χ4v) is 5.69. The third-order valence-corrected chi connectivity index (χ3v) is 7.95. The molecule has 0 bridgehead atoms. The van der Waals surface area contributed by atoms with Gasteiger partial charge < -0.3 is 30.0 Å². The minimum atomic E-state index is -1.09. The average Bonchev–Trinajstić information content (AvgIpc) is 3.46. The molecule has 0 unspecified atom stereocenters. The van der Waals surface area contributed by atoms with Gasteiger partial charge in [-0.2, -0.15) is 0 Å². The zero-order valence-electron chi connectivity index (χ0n) is 25.0. The largest absolute Gasteiger partial charge is 0.506 e. The third-order valence-electron chi connectivity index (χ3n) is 7.95. The molecule has 46 heavy (non-hydrogen) atoms. The van der Waals surface area contributed by atoms with Gasteiger partial charge in [-0.3, -0.25) is 10.1 Å². The first-order valence-corrected chi connectivity index (χ1v) is 15.1. The molecule has 234 valence electrons. The van der Waals surface area contributed by atoms with Crippen LogP contribution in [0.5, 0.6) is 5.75 Å². The number of pyridine rings is 1. The molecular formula is C36H34N4O6. The second-order valence-corrected chi connectivity index (χ2v) is 11.2. The van der Waals surface area contributed by atoms with Crippen molar-refractivity contribution in [3.05, 3.63) is 124 Å². The maximum absolute atomic E-state index is 11.7. The van der Waals surface area contributed by atoms with Crippen molar-refractivity contribution in [3.8, 4) is 16.9 Å². The van der Waals surface area contributed by atoms with Crippen LogP contribution in [0.2, 0.25) is 0 Å². The number of hydrogen-bond donors (Lipinski definition) is 6. The van der Waals surface area contributed by atoms with Crippen molar-refractivity contribution in [1.29, 1.82) is 0 Å². The number of aliphatic hydroxyl groups is 1. The van der Waals surface area contributed by atoms with Crippen molar-refractivity contribution in [2.75, 3.05) is 11.9 Å². The van der Waals surface area contributed by atoms with Crippen LogP contribution in [-0.4, -0.2) is 37.9 Å². The molecule has 10 nitrogen and oxygen atoms in total. The van der Waals surface area contributed by atoms with E-state index < -0.39 is 12.2 Å². The van der Waals surface area contributed by atoms with Crippen LogP contribution in [0, 0.1) is 0 Å². The van der Waals surface area contributed by atoms with E-state index in [1.165, 1.54) is 12.1 Å². The van der Waals surface area contributed by atoms with E-state index in [0.717, 1.165) is 47.0 Å². The monoisotopic (exact) mass is 618 g/mol. The van der Waals surface area contributed by atoms with Crippen LogP contribution in [0.3, 0.4) is 0 Å². The summed E-state index contributed by atoms with van der Waals surface area (Å²) in [7, 11) is 0. The highest BCUT2D eigenvalue weighted by atomic mass is 16.4. The fourth-order valence-electron chi connectivity index (χ4n) is 5.69. The number of phenols is 1. The Balaban J connectivity index is 1.02. The number of benzene rings is 4. The molecule has 2 aromatic heterocycles. The average molecular weight is 619 g/mol. The lowest BCUT2D eigenvalue weighted by molar-refractivity contribution is 0.176. The highest BCUT2D eigenvalue weighted by molar-refractivity contribution is 5.91. The number of aromatic nitrogens is 2. The molecule has 0 saturated heterocycles. The number of rotatable bonds is 12. The Labute approximate surface area is 264 Å². The SMILES string of the molecule is O=C(O)Nc1cc(CCCCc2nc3ccc(CNC[C@@H](O)c4ccc(O)c5[nH]c(=O)ccc45)cc3o2)ccc1-c1ccccc1. The van der Waals surface area contributed by atoms with E-state index in [2.05, 4.69) is 20.6 Å². The van der Waals surface area contributed by atoms with Gasteiger partial charge in [0, 0.05) is 36.5 Å². The van der Waals surface area contributed by atoms with Gasteiger partial charge in [0.15, 0.2) is 11.5 Å². The summed E-state index contributed by atoms with van der Waals surface area (Å²) in [6.45, 7) is 0.763. The van der Waals surface area contributed by atoms with Crippen molar-refractivity contribution in [2.45, 2.75) is 38.3 Å². The molecule has 1 atom stereocenters. The van der Waals surface area contributed by atoms with Crippen molar-refractivity contribution < 1.29 is 24.5 Å². The molecule has 6 N–H and O–H groups in total. The number of carboxylic acid groups (broad SMARTS) is 1. The Morgan fingerprint density at radius 2 is 1.72 bits per heavy atom. The quantitative estimate of drug-likeness (QED) is 0.0845. The summed E-state index contributed by atoms with van der Waals surface area (Å²) in [6.07, 6.45) is 1.28. The van der Waals surface area contributed by atoms with Gasteiger partial charge in [-0.25, -0.2) is 9.78 Å². The predicted molar refractivity (Wildman–Crippen MR) is 177 cm³/mol. The molecule has 0 aliphatic carbocycles. The zero-order valence-corrected chi connectivity index (χ0v) is 25.0. The Morgan fingerprint density at radius 1 is 0.913 bits per heavy atom. The second-order valence-electron chi connectivity index (χ2n) is 11.2. The maximum atomic E-state index is 11.7. The van der Waals surface area contributed by atoms with Gasteiger partial charge in [0.05, 0.1) is 17.3 Å². The number of carbonyl (C=O) groups is 1. The summed E-state index contributed by atoms with van der Waals surface area (Å²) in [4.78, 5) is 30.3. The van der Waals surface area contributed by atoms with Crippen LogP contribution in [-0.2, 0) is 19.4 Å². The number of aromatic amines is 1. The topological polar surface area (TPSA) is 161 Å². The van der Waals surface area contributed by atoms with Gasteiger partial charge in [-0.15, -0.1) is 0 Å². The molecule has 10 heteroatoms. The van der Waals surface area contributed by atoms with Crippen LogP contribution in [0.4, 0.5) is 10.5 Å². The Hall–Kier alpha value is -5.45. The molecule has 0 radical (unpaired) electrons. The Morgan fingerprint density at radius 3 is 2.54 bits per heavy atom. The van der Waals surface area contributed by atoms with Crippen LogP contribution in [0.1, 0.15) is 41.5 Å².